The number of carbonyl (C=O) groups is 1. The van der Waals surface area contributed by atoms with Crippen molar-refractivity contribution in [2.24, 2.45) is 0 Å². The van der Waals surface area contributed by atoms with Crippen molar-refractivity contribution < 1.29 is 9.18 Å². The molecule has 9 heteroatoms. The molecule has 1 amide bonds. The van der Waals surface area contributed by atoms with Crippen LogP contribution >= 0.6 is 0 Å². The maximum absolute atomic E-state index is 13.2. The Kier molecular flexibility index (Phi) is 4.85. The molecule has 0 fully saturated rings. The molecule has 0 radical (unpaired) electrons. The minimum Gasteiger partial charge on any atom is -0.349 e. The summed E-state index contributed by atoms with van der Waals surface area (Å²) in [5, 5.41) is 14.4. The summed E-state index contributed by atoms with van der Waals surface area (Å²) in [6, 6.07) is 7.64. The first-order valence-electron chi connectivity index (χ1n) is 10.3. The van der Waals surface area contributed by atoms with Gasteiger partial charge in [-0.15, -0.1) is 0 Å². The zero-order chi connectivity index (χ0) is 21.4. The summed E-state index contributed by atoms with van der Waals surface area (Å²) in [7, 11) is 0. The Labute approximate surface area is 176 Å². The topological polar surface area (TPSA) is 97.1 Å². The lowest BCUT2D eigenvalue weighted by Gasteiger charge is -2.11. The van der Waals surface area contributed by atoms with Crippen molar-refractivity contribution >= 4 is 11.4 Å². The second kappa shape index (κ2) is 7.82. The van der Waals surface area contributed by atoms with E-state index in [0.717, 1.165) is 42.5 Å². The number of nitrogens with zero attached hydrogens (tertiary/aromatic N) is 4. The van der Waals surface area contributed by atoms with Crippen LogP contribution in [0.25, 0.3) is 16.8 Å². The number of aromatic nitrogens is 5. The molecule has 3 heterocycles. The van der Waals surface area contributed by atoms with Gasteiger partial charge < -0.3 is 9.88 Å². The van der Waals surface area contributed by atoms with Crippen LogP contribution in [0.4, 0.5) is 4.39 Å². The highest BCUT2D eigenvalue weighted by Crippen LogP contribution is 2.22. The van der Waals surface area contributed by atoms with Gasteiger partial charge in [0.05, 0.1) is 5.69 Å². The van der Waals surface area contributed by atoms with E-state index in [1.165, 1.54) is 21.2 Å². The molecule has 0 bridgehead atoms. The molecule has 4 aromatic rings. The highest BCUT2D eigenvalue weighted by atomic mass is 19.1. The number of H-pyrrole nitrogens is 1. The number of hydrogen-bond donors (Lipinski definition) is 2. The third-order valence-electron chi connectivity index (χ3n) is 5.65. The van der Waals surface area contributed by atoms with E-state index in [2.05, 4.69) is 20.6 Å². The normalized spacial score (nSPS) is 13.3. The zero-order valence-corrected chi connectivity index (χ0v) is 16.8. The summed E-state index contributed by atoms with van der Waals surface area (Å²) < 4.78 is 16.2. The van der Waals surface area contributed by atoms with Crippen molar-refractivity contribution in [2.45, 2.75) is 32.2 Å². The van der Waals surface area contributed by atoms with Crippen LogP contribution < -0.4 is 10.9 Å². The van der Waals surface area contributed by atoms with Crippen LogP contribution in [0.1, 0.15) is 34.6 Å². The Balaban J connectivity index is 1.30. The Bertz CT molecular complexity index is 1320. The number of nitrogens with one attached hydrogen (secondary N) is 2. The number of aromatic amines is 1. The van der Waals surface area contributed by atoms with Gasteiger partial charge in [-0.3, -0.25) is 14.7 Å². The molecular formula is C22H21FN6O2. The average molecular weight is 420 g/mol. The van der Waals surface area contributed by atoms with E-state index < -0.39 is 0 Å². The number of benzene rings is 1. The van der Waals surface area contributed by atoms with E-state index in [1.807, 2.05) is 0 Å². The smallest absolute Gasteiger partial charge is 0.276 e. The van der Waals surface area contributed by atoms with Gasteiger partial charge in [-0.2, -0.15) is 10.2 Å². The number of hydrogen-bond acceptors (Lipinski definition) is 4. The van der Waals surface area contributed by atoms with Crippen LogP contribution in [0.2, 0.25) is 0 Å². The SMILES string of the molecule is O=C(NCCn1ccn2nc(-c3ccc(F)cc3)cc2c1=O)c1n[nH]c2c1CCCC2. The van der Waals surface area contributed by atoms with Gasteiger partial charge in [0.25, 0.3) is 11.5 Å². The highest BCUT2D eigenvalue weighted by Gasteiger charge is 2.21. The van der Waals surface area contributed by atoms with E-state index in [9.17, 15) is 14.0 Å². The van der Waals surface area contributed by atoms with Gasteiger partial charge in [0, 0.05) is 42.3 Å². The quantitative estimate of drug-likeness (QED) is 0.518. The molecule has 1 aromatic carbocycles. The molecule has 158 valence electrons. The largest absolute Gasteiger partial charge is 0.349 e. The lowest BCUT2D eigenvalue weighted by molar-refractivity contribution is 0.0946. The minimum absolute atomic E-state index is 0.213. The molecule has 31 heavy (non-hydrogen) atoms. The van der Waals surface area contributed by atoms with Gasteiger partial charge in [-0.25, -0.2) is 8.91 Å². The molecule has 0 aliphatic heterocycles. The molecule has 0 atom stereocenters. The second-order valence-corrected chi connectivity index (χ2v) is 7.66. The fourth-order valence-corrected chi connectivity index (χ4v) is 4.01. The van der Waals surface area contributed by atoms with Crippen molar-refractivity contribution in [3.8, 4) is 11.3 Å². The summed E-state index contributed by atoms with van der Waals surface area (Å²) in [4.78, 5) is 25.4. The summed E-state index contributed by atoms with van der Waals surface area (Å²) in [5.74, 6) is -0.552. The maximum Gasteiger partial charge on any atom is 0.276 e. The predicted octanol–water partition coefficient (Wildman–Crippen LogP) is 2.33. The molecule has 3 aromatic heterocycles. The van der Waals surface area contributed by atoms with Gasteiger partial charge in [-0.05, 0) is 56.0 Å². The lowest BCUT2D eigenvalue weighted by atomic mass is 9.96. The van der Waals surface area contributed by atoms with Crippen molar-refractivity contribution in [1.29, 1.82) is 0 Å². The van der Waals surface area contributed by atoms with Crippen molar-refractivity contribution in [2.75, 3.05) is 6.54 Å². The Morgan fingerprint density at radius 1 is 1.16 bits per heavy atom. The van der Waals surface area contributed by atoms with Gasteiger partial charge in [0.1, 0.15) is 11.3 Å². The van der Waals surface area contributed by atoms with Crippen molar-refractivity contribution in [3.05, 3.63) is 75.8 Å². The summed E-state index contributed by atoms with van der Waals surface area (Å²) in [6.45, 7) is 0.625. The highest BCUT2D eigenvalue weighted by molar-refractivity contribution is 5.94. The van der Waals surface area contributed by atoms with Crippen LogP contribution in [0.15, 0.2) is 47.5 Å². The van der Waals surface area contributed by atoms with Crippen LogP contribution in [-0.4, -0.2) is 36.8 Å². The van der Waals surface area contributed by atoms with E-state index in [0.29, 0.717) is 30.0 Å². The first-order valence-corrected chi connectivity index (χ1v) is 10.3. The third-order valence-corrected chi connectivity index (χ3v) is 5.65. The molecule has 2 N–H and O–H groups in total. The monoisotopic (exact) mass is 420 g/mol. The third kappa shape index (κ3) is 3.63. The Morgan fingerprint density at radius 3 is 2.81 bits per heavy atom. The molecular weight excluding hydrogens is 399 g/mol. The second-order valence-electron chi connectivity index (χ2n) is 7.66. The first-order chi connectivity index (χ1) is 15.1. The molecule has 0 unspecified atom stereocenters. The van der Waals surface area contributed by atoms with Crippen molar-refractivity contribution in [3.63, 3.8) is 0 Å². The molecule has 0 saturated heterocycles. The van der Waals surface area contributed by atoms with Crippen molar-refractivity contribution in [1.82, 2.24) is 29.7 Å². The summed E-state index contributed by atoms with van der Waals surface area (Å²) in [6.07, 6.45) is 7.29. The van der Waals surface area contributed by atoms with Crippen LogP contribution in [-0.2, 0) is 19.4 Å². The fourth-order valence-electron chi connectivity index (χ4n) is 4.01. The van der Waals surface area contributed by atoms with Gasteiger partial charge in [0.2, 0.25) is 0 Å². The summed E-state index contributed by atoms with van der Waals surface area (Å²) >= 11 is 0. The zero-order valence-electron chi connectivity index (χ0n) is 16.8. The van der Waals surface area contributed by atoms with Crippen LogP contribution in [0, 0.1) is 5.82 Å². The molecule has 5 rings (SSSR count). The van der Waals surface area contributed by atoms with Crippen LogP contribution in [0.5, 0.6) is 0 Å². The average Bonchev–Trinajstić information content (AvgIpc) is 3.41. The molecule has 0 saturated carbocycles. The predicted molar refractivity (Wildman–Crippen MR) is 112 cm³/mol. The van der Waals surface area contributed by atoms with E-state index in [4.69, 9.17) is 0 Å². The number of rotatable bonds is 5. The van der Waals surface area contributed by atoms with E-state index in [-0.39, 0.29) is 17.3 Å². The fraction of sp³-hybridized carbons (Fsp3) is 0.273. The number of aryl methyl sites for hydroxylation is 1. The van der Waals surface area contributed by atoms with Crippen LogP contribution in [0.3, 0.4) is 0 Å². The van der Waals surface area contributed by atoms with Gasteiger partial charge >= 0.3 is 0 Å². The summed E-state index contributed by atoms with van der Waals surface area (Å²) in [5.41, 5.74) is 4.03. The van der Waals surface area contributed by atoms with E-state index in [1.54, 1.807) is 30.6 Å². The number of carbonyl (C=O) groups excluding carboxylic acids is 1. The maximum atomic E-state index is 13.2. The standard InChI is InChI=1S/C22H21FN6O2/c23-15-7-5-14(6-8-15)18-13-19-22(31)28(11-12-29(19)27-18)10-9-24-21(30)20-16-3-1-2-4-17(16)25-26-20/h5-8,11-13H,1-4,9-10H2,(H,24,30)(H,25,26). The lowest BCUT2D eigenvalue weighted by Crippen LogP contribution is -2.31. The Hall–Kier alpha value is -3.75. The molecule has 8 nitrogen and oxygen atoms in total. The first kappa shape index (κ1) is 19.2. The molecule has 1 aliphatic rings. The number of amides is 1. The Morgan fingerprint density at radius 2 is 1.97 bits per heavy atom. The minimum atomic E-state index is -0.327. The van der Waals surface area contributed by atoms with Gasteiger partial charge in [-0.1, -0.05) is 0 Å². The number of fused-ring (bicyclic) bond motifs is 2. The molecule has 1 aliphatic carbocycles. The molecule has 0 spiro atoms. The van der Waals surface area contributed by atoms with Gasteiger partial charge in [0.15, 0.2) is 5.69 Å². The number of halogens is 1. The van der Waals surface area contributed by atoms with E-state index >= 15 is 0 Å².